The van der Waals surface area contributed by atoms with E-state index in [1.807, 2.05) is 12.1 Å². The zero-order chi connectivity index (χ0) is 16.1. The molecule has 118 valence electrons. The number of hydrogen-bond donors (Lipinski definition) is 0. The summed E-state index contributed by atoms with van der Waals surface area (Å²) in [5.74, 6) is 0.646. The van der Waals surface area contributed by atoms with E-state index in [2.05, 4.69) is 30.8 Å². The van der Waals surface area contributed by atoms with Crippen LogP contribution in [0, 0.1) is 0 Å². The molecule has 1 aromatic carbocycles. The molecule has 0 unspecified atom stereocenters. The Balaban J connectivity index is 1.66. The third kappa shape index (κ3) is 4.24. The standard InChI is InChI=1S/C17H16BrN3O2/c18-15-3-1-2-14(10-15)16(22)5-4-13-11-19-17(20-12-13)21-6-8-23-9-7-21/h1-5,10-12H,6-9H2/b5-4+. The fourth-order valence-corrected chi connectivity index (χ4v) is 2.65. The van der Waals surface area contributed by atoms with Crippen molar-refractivity contribution < 1.29 is 9.53 Å². The molecule has 1 aromatic heterocycles. The minimum absolute atomic E-state index is 0.0523. The Morgan fingerprint density at radius 3 is 2.65 bits per heavy atom. The van der Waals surface area contributed by atoms with Crippen LogP contribution in [0.15, 0.2) is 47.2 Å². The van der Waals surface area contributed by atoms with Crippen molar-refractivity contribution >= 4 is 33.7 Å². The summed E-state index contributed by atoms with van der Waals surface area (Å²) < 4.78 is 6.20. The van der Waals surface area contributed by atoms with E-state index in [4.69, 9.17) is 4.74 Å². The topological polar surface area (TPSA) is 55.3 Å². The molecule has 0 atom stereocenters. The summed E-state index contributed by atoms with van der Waals surface area (Å²) in [6.07, 6.45) is 6.71. The summed E-state index contributed by atoms with van der Waals surface area (Å²) in [6, 6.07) is 7.31. The van der Waals surface area contributed by atoms with Gasteiger partial charge in [0, 0.05) is 41.1 Å². The molecule has 1 fully saturated rings. The largest absolute Gasteiger partial charge is 0.378 e. The van der Waals surface area contributed by atoms with E-state index >= 15 is 0 Å². The van der Waals surface area contributed by atoms with Crippen LogP contribution in [0.25, 0.3) is 6.08 Å². The summed E-state index contributed by atoms with van der Waals surface area (Å²) >= 11 is 3.36. The number of carbonyl (C=O) groups excluding carboxylic acids is 1. The van der Waals surface area contributed by atoms with E-state index in [-0.39, 0.29) is 5.78 Å². The van der Waals surface area contributed by atoms with Gasteiger partial charge >= 0.3 is 0 Å². The minimum atomic E-state index is -0.0523. The molecule has 1 saturated heterocycles. The van der Waals surface area contributed by atoms with Gasteiger partial charge in [-0.25, -0.2) is 9.97 Å². The maximum atomic E-state index is 12.1. The normalized spacial score (nSPS) is 15.1. The van der Waals surface area contributed by atoms with Crippen molar-refractivity contribution in [2.45, 2.75) is 0 Å². The first kappa shape index (κ1) is 15.8. The highest BCUT2D eigenvalue weighted by Crippen LogP contribution is 2.14. The third-order valence-corrected chi connectivity index (χ3v) is 3.98. The van der Waals surface area contributed by atoms with Crippen LogP contribution < -0.4 is 4.90 Å². The average molecular weight is 374 g/mol. The van der Waals surface area contributed by atoms with E-state index in [0.29, 0.717) is 24.7 Å². The first-order valence-electron chi connectivity index (χ1n) is 7.35. The van der Waals surface area contributed by atoms with Crippen LogP contribution in [0.1, 0.15) is 15.9 Å². The summed E-state index contributed by atoms with van der Waals surface area (Å²) in [6.45, 7) is 3.01. The van der Waals surface area contributed by atoms with Gasteiger partial charge in [0.25, 0.3) is 0 Å². The maximum Gasteiger partial charge on any atom is 0.225 e. The molecule has 0 amide bonds. The lowest BCUT2D eigenvalue weighted by Crippen LogP contribution is -2.37. The molecule has 23 heavy (non-hydrogen) atoms. The summed E-state index contributed by atoms with van der Waals surface area (Å²) in [5, 5.41) is 0. The Morgan fingerprint density at radius 2 is 1.96 bits per heavy atom. The van der Waals surface area contributed by atoms with Gasteiger partial charge in [0.05, 0.1) is 13.2 Å². The predicted octanol–water partition coefficient (Wildman–Crippen LogP) is 2.97. The number of nitrogens with zero attached hydrogens (tertiary/aromatic N) is 3. The average Bonchev–Trinajstić information content (AvgIpc) is 2.61. The van der Waals surface area contributed by atoms with Gasteiger partial charge in [0.15, 0.2) is 5.78 Å². The van der Waals surface area contributed by atoms with Crippen molar-refractivity contribution in [2.24, 2.45) is 0 Å². The lowest BCUT2D eigenvalue weighted by atomic mass is 10.1. The molecule has 0 radical (unpaired) electrons. The number of anilines is 1. The number of rotatable bonds is 4. The Morgan fingerprint density at radius 1 is 1.22 bits per heavy atom. The molecular formula is C17H16BrN3O2. The van der Waals surface area contributed by atoms with Crippen molar-refractivity contribution in [3.8, 4) is 0 Å². The number of morpholine rings is 1. The van der Waals surface area contributed by atoms with Crippen LogP contribution in [0.4, 0.5) is 5.95 Å². The van der Waals surface area contributed by atoms with Crippen LogP contribution in [-0.2, 0) is 4.74 Å². The van der Waals surface area contributed by atoms with Crippen LogP contribution in [-0.4, -0.2) is 42.1 Å². The molecular weight excluding hydrogens is 358 g/mol. The van der Waals surface area contributed by atoms with Crippen LogP contribution in [0.5, 0.6) is 0 Å². The Bertz CT molecular complexity index is 710. The number of ketones is 1. The zero-order valence-electron chi connectivity index (χ0n) is 12.5. The minimum Gasteiger partial charge on any atom is -0.378 e. The van der Waals surface area contributed by atoms with Gasteiger partial charge in [-0.05, 0) is 24.3 Å². The molecule has 0 aliphatic carbocycles. The van der Waals surface area contributed by atoms with Crippen LogP contribution >= 0.6 is 15.9 Å². The second-order valence-corrected chi connectivity index (χ2v) is 6.04. The summed E-state index contributed by atoms with van der Waals surface area (Å²) in [5.41, 5.74) is 1.44. The molecule has 0 N–H and O–H groups in total. The maximum absolute atomic E-state index is 12.1. The van der Waals surface area contributed by atoms with Gasteiger partial charge in [-0.1, -0.05) is 28.1 Å². The number of hydrogen-bond acceptors (Lipinski definition) is 5. The number of carbonyl (C=O) groups is 1. The Kier molecular flexibility index (Phi) is 5.15. The van der Waals surface area contributed by atoms with E-state index in [1.54, 1.807) is 30.6 Å². The molecule has 0 spiro atoms. The summed E-state index contributed by atoms with van der Waals surface area (Å²) in [4.78, 5) is 22.9. The molecule has 0 saturated carbocycles. The molecule has 0 bridgehead atoms. The van der Waals surface area contributed by atoms with Gasteiger partial charge in [-0.3, -0.25) is 4.79 Å². The number of halogens is 1. The van der Waals surface area contributed by atoms with E-state index < -0.39 is 0 Å². The van der Waals surface area contributed by atoms with Gasteiger partial charge in [-0.15, -0.1) is 0 Å². The molecule has 2 aromatic rings. The highest BCUT2D eigenvalue weighted by atomic mass is 79.9. The fourth-order valence-electron chi connectivity index (χ4n) is 2.25. The van der Waals surface area contributed by atoms with Crippen LogP contribution in [0.2, 0.25) is 0 Å². The quantitative estimate of drug-likeness (QED) is 0.609. The lowest BCUT2D eigenvalue weighted by molar-refractivity contribution is 0.104. The lowest BCUT2D eigenvalue weighted by Gasteiger charge is -2.26. The van der Waals surface area contributed by atoms with Crippen molar-refractivity contribution in [1.29, 1.82) is 0 Å². The summed E-state index contributed by atoms with van der Waals surface area (Å²) in [7, 11) is 0. The van der Waals surface area contributed by atoms with Crippen molar-refractivity contribution in [3.05, 3.63) is 58.3 Å². The van der Waals surface area contributed by atoms with E-state index in [9.17, 15) is 4.79 Å². The first-order chi connectivity index (χ1) is 11.2. The second kappa shape index (κ2) is 7.48. The molecule has 5 nitrogen and oxygen atoms in total. The highest BCUT2D eigenvalue weighted by molar-refractivity contribution is 9.10. The number of allylic oxidation sites excluding steroid dienone is 1. The first-order valence-corrected chi connectivity index (χ1v) is 8.14. The smallest absolute Gasteiger partial charge is 0.225 e. The molecule has 3 rings (SSSR count). The third-order valence-electron chi connectivity index (χ3n) is 3.49. The fraction of sp³-hybridized carbons (Fsp3) is 0.235. The predicted molar refractivity (Wildman–Crippen MR) is 92.6 cm³/mol. The van der Waals surface area contributed by atoms with Gasteiger partial charge < -0.3 is 9.64 Å². The van der Waals surface area contributed by atoms with Gasteiger partial charge in [0.1, 0.15) is 0 Å². The van der Waals surface area contributed by atoms with Crippen molar-refractivity contribution in [1.82, 2.24) is 9.97 Å². The SMILES string of the molecule is O=C(/C=C/c1cnc(N2CCOCC2)nc1)c1cccc(Br)c1. The van der Waals surface area contributed by atoms with Crippen molar-refractivity contribution in [3.63, 3.8) is 0 Å². The van der Waals surface area contributed by atoms with Gasteiger partial charge in [0.2, 0.25) is 5.95 Å². The zero-order valence-corrected chi connectivity index (χ0v) is 14.1. The van der Waals surface area contributed by atoms with Crippen LogP contribution in [0.3, 0.4) is 0 Å². The van der Waals surface area contributed by atoms with E-state index in [0.717, 1.165) is 23.1 Å². The number of benzene rings is 1. The molecule has 6 heteroatoms. The monoisotopic (exact) mass is 373 g/mol. The second-order valence-electron chi connectivity index (χ2n) is 5.12. The Hall–Kier alpha value is -2.05. The molecule has 2 heterocycles. The van der Waals surface area contributed by atoms with E-state index in [1.165, 1.54) is 6.08 Å². The number of aromatic nitrogens is 2. The molecule has 1 aliphatic heterocycles. The highest BCUT2D eigenvalue weighted by Gasteiger charge is 2.13. The van der Waals surface area contributed by atoms with Gasteiger partial charge in [-0.2, -0.15) is 0 Å². The molecule has 1 aliphatic rings. The number of ether oxygens (including phenoxy) is 1. The van der Waals surface area contributed by atoms with Crippen molar-refractivity contribution in [2.75, 3.05) is 31.2 Å². The Labute approximate surface area is 143 Å².